The van der Waals surface area contributed by atoms with E-state index in [1.165, 1.54) is 12.1 Å². The van der Waals surface area contributed by atoms with E-state index < -0.39 is 11.9 Å². The van der Waals surface area contributed by atoms with Crippen LogP contribution in [0.25, 0.3) is 11.3 Å². The molecule has 0 radical (unpaired) electrons. The zero-order valence-electron chi connectivity index (χ0n) is 17.0. The minimum absolute atomic E-state index is 0.196. The van der Waals surface area contributed by atoms with Crippen LogP contribution in [0.2, 0.25) is 0 Å². The molecule has 0 fully saturated rings. The van der Waals surface area contributed by atoms with Gasteiger partial charge in [-0.05, 0) is 37.6 Å². The zero-order chi connectivity index (χ0) is 21.4. The van der Waals surface area contributed by atoms with Gasteiger partial charge in [0.1, 0.15) is 18.2 Å². The van der Waals surface area contributed by atoms with E-state index in [1.807, 2.05) is 32.0 Å². The molecule has 4 rings (SSSR count). The molecule has 7 heteroatoms. The number of amides is 1. The second kappa shape index (κ2) is 8.18. The van der Waals surface area contributed by atoms with Gasteiger partial charge in [0.25, 0.3) is 5.91 Å². The van der Waals surface area contributed by atoms with E-state index in [0.717, 1.165) is 16.7 Å². The first-order valence-electron chi connectivity index (χ1n) is 10.0. The molecule has 2 aromatic rings. The Morgan fingerprint density at radius 3 is 2.73 bits per heavy atom. The van der Waals surface area contributed by atoms with Crippen molar-refractivity contribution < 1.29 is 24.1 Å². The lowest BCUT2D eigenvalue weighted by molar-refractivity contribution is -0.110. The Labute approximate surface area is 174 Å². The summed E-state index contributed by atoms with van der Waals surface area (Å²) >= 11 is 0. The fourth-order valence-electron chi connectivity index (χ4n) is 3.91. The van der Waals surface area contributed by atoms with Crippen LogP contribution in [0.3, 0.4) is 0 Å². The van der Waals surface area contributed by atoms with Crippen molar-refractivity contribution in [2.75, 3.05) is 18.5 Å². The third kappa shape index (κ3) is 3.84. The molecule has 0 saturated carbocycles. The quantitative estimate of drug-likeness (QED) is 0.636. The highest BCUT2D eigenvalue weighted by Crippen LogP contribution is 2.42. The molecule has 0 bridgehead atoms. The van der Waals surface area contributed by atoms with Gasteiger partial charge in [-0.2, -0.15) is 0 Å². The molecule has 0 saturated heterocycles. The van der Waals surface area contributed by atoms with Crippen LogP contribution in [0.15, 0.2) is 36.4 Å². The van der Waals surface area contributed by atoms with Crippen LogP contribution in [-0.4, -0.2) is 46.3 Å². The van der Waals surface area contributed by atoms with Gasteiger partial charge >= 0.3 is 0 Å². The van der Waals surface area contributed by atoms with Gasteiger partial charge < -0.3 is 20.3 Å². The van der Waals surface area contributed by atoms with Crippen LogP contribution >= 0.6 is 0 Å². The normalized spacial score (nSPS) is 18.4. The van der Waals surface area contributed by atoms with Gasteiger partial charge in [0.15, 0.2) is 0 Å². The number of anilines is 1. The highest BCUT2D eigenvalue weighted by Gasteiger charge is 2.33. The molecule has 6 nitrogen and oxygen atoms in total. The predicted octanol–water partition coefficient (Wildman–Crippen LogP) is 2.74. The second-order valence-corrected chi connectivity index (χ2v) is 7.99. The average molecular weight is 412 g/mol. The number of carbonyl (C=O) groups excluding carboxylic acids is 1. The van der Waals surface area contributed by atoms with Crippen LogP contribution in [0, 0.1) is 5.82 Å². The maximum atomic E-state index is 13.8. The largest absolute Gasteiger partial charge is 0.487 e. The summed E-state index contributed by atoms with van der Waals surface area (Å²) in [5, 5.41) is 21.7. The number of benzene rings is 2. The van der Waals surface area contributed by atoms with Gasteiger partial charge in [0.2, 0.25) is 0 Å². The molecular weight excluding hydrogens is 387 g/mol. The van der Waals surface area contributed by atoms with E-state index in [9.17, 15) is 14.3 Å². The molecule has 30 heavy (non-hydrogen) atoms. The van der Waals surface area contributed by atoms with Crippen LogP contribution in [0.5, 0.6) is 0 Å². The van der Waals surface area contributed by atoms with Gasteiger partial charge in [0.05, 0.1) is 18.3 Å². The number of aliphatic hydroxyl groups excluding tert-OH is 2. The summed E-state index contributed by atoms with van der Waals surface area (Å²) in [4.78, 5) is 14.6. The molecule has 3 N–H and O–H groups in total. The Hall–Kier alpha value is -2.74. The van der Waals surface area contributed by atoms with Crippen LogP contribution in [0.1, 0.15) is 36.1 Å². The van der Waals surface area contributed by atoms with Crippen molar-refractivity contribution in [1.82, 2.24) is 4.90 Å². The Bertz CT molecular complexity index is 1020. The smallest absolute Gasteiger partial charge is 0.260 e. The Morgan fingerprint density at radius 2 is 2.00 bits per heavy atom. The lowest BCUT2D eigenvalue weighted by Gasteiger charge is -2.28. The van der Waals surface area contributed by atoms with E-state index in [1.54, 1.807) is 6.07 Å². The second-order valence-electron chi connectivity index (χ2n) is 7.99. The highest BCUT2D eigenvalue weighted by molar-refractivity contribution is 6.36. The summed E-state index contributed by atoms with van der Waals surface area (Å²) in [6.45, 7) is 5.13. The summed E-state index contributed by atoms with van der Waals surface area (Å²) in [5.41, 5.74) is 4.27. The van der Waals surface area contributed by atoms with Crippen molar-refractivity contribution in [3.8, 4) is 0 Å². The molecule has 0 aromatic heterocycles. The number of nitrogens with one attached hydrogen (secondary N) is 1. The van der Waals surface area contributed by atoms with Crippen molar-refractivity contribution in [3.63, 3.8) is 0 Å². The number of carbonyl (C=O) groups is 1. The molecule has 0 unspecified atom stereocenters. The molecular formula is C23H25FN2O4. The number of nitrogens with zero attached hydrogens (tertiary/aromatic N) is 1. The molecule has 0 aliphatic carbocycles. The first kappa shape index (κ1) is 20.5. The van der Waals surface area contributed by atoms with Gasteiger partial charge in [-0.3, -0.25) is 9.69 Å². The third-order valence-corrected chi connectivity index (χ3v) is 5.51. The number of hydrogen-bond acceptors (Lipinski definition) is 5. The molecule has 158 valence electrons. The number of halogens is 1. The lowest BCUT2D eigenvalue weighted by atomic mass is 9.99. The summed E-state index contributed by atoms with van der Waals surface area (Å²) < 4.78 is 19.6. The maximum absolute atomic E-state index is 13.8. The molecule has 2 aliphatic rings. The fourth-order valence-corrected chi connectivity index (χ4v) is 3.91. The van der Waals surface area contributed by atoms with Crippen molar-refractivity contribution >= 4 is 22.9 Å². The van der Waals surface area contributed by atoms with Crippen LogP contribution < -0.4 is 5.32 Å². The van der Waals surface area contributed by atoms with E-state index in [-0.39, 0.29) is 18.6 Å². The third-order valence-electron chi connectivity index (χ3n) is 5.51. The fraction of sp³-hybridized carbons (Fsp3) is 0.348. The Morgan fingerprint density at radius 1 is 1.20 bits per heavy atom. The van der Waals surface area contributed by atoms with Gasteiger partial charge in [0, 0.05) is 41.5 Å². The molecule has 1 amide bonds. The van der Waals surface area contributed by atoms with Crippen LogP contribution in [-0.2, 0) is 22.7 Å². The number of hydrogen-bond donors (Lipinski definition) is 3. The van der Waals surface area contributed by atoms with Crippen molar-refractivity contribution in [2.45, 2.75) is 39.1 Å². The van der Waals surface area contributed by atoms with Crippen LogP contribution in [0.4, 0.5) is 10.1 Å². The van der Waals surface area contributed by atoms with Gasteiger partial charge in [-0.1, -0.05) is 18.2 Å². The highest BCUT2D eigenvalue weighted by atomic mass is 19.1. The van der Waals surface area contributed by atoms with E-state index in [0.29, 0.717) is 42.3 Å². The SMILES string of the molecule is CC(C)N(Cc1ccc2c(c1)COC2=C1C(=O)Nc2ccc(F)cc21)C[C@H](O)CO. The standard InChI is InChI=1S/C23H25FN2O4/c1-13(2)26(10-17(28)11-27)9-14-3-5-18-15(7-14)12-30-22(18)21-19-8-16(24)4-6-20(19)25-23(21)29/h3-8,13,17,27-28H,9-12H2,1-2H3,(H,25,29)/t17-/m0/s1. The Kier molecular flexibility index (Phi) is 5.60. The van der Waals surface area contributed by atoms with E-state index in [4.69, 9.17) is 9.84 Å². The number of aliphatic hydroxyl groups is 2. The number of rotatable bonds is 6. The molecule has 1 atom stereocenters. The lowest BCUT2D eigenvalue weighted by Crippen LogP contribution is -2.38. The average Bonchev–Trinajstić information content (AvgIpc) is 3.26. The van der Waals surface area contributed by atoms with Gasteiger partial charge in [-0.25, -0.2) is 4.39 Å². The van der Waals surface area contributed by atoms with Crippen molar-refractivity contribution in [2.24, 2.45) is 0 Å². The first-order valence-corrected chi connectivity index (χ1v) is 10.0. The topological polar surface area (TPSA) is 82.0 Å². The predicted molar refractivity (Wildman–Crippen MR) is 112 cm³/mol. The molecule has 2 aliphatic heterocycles. The first-order chi connectivity index (χ1) is 14.4. The van der Waals surface area contributed by atoms with E-state index >= 15 is 0 Å². The summed E-state index contributed by atoms with van der Waals surface area (Å²) in [5.74, 6) is -0.239. The molecule has 2 aromatic carbocycles. The van der Waals surface area contributed by atoms with Crippen molar-refractivity contribution in [1.29, 1.82) is 0 Å². The maximum Gasteiger partial charge on any atom is 0.260 e. The van der Waals surface area contributed by atoms with E-state index in [2.05, 4.69) is 10.2 Å². The minimum atomic E-state index is -0.789. The monoisotopic (exact) mass is 412 g/mol. The number of ether oxygens (including phenoxy) is 1. The molecule has 0 spiro atoms. The van der Waals surface area contributed by atoms with Crippen molar-refractivity contribution in [3.05, 3.63) is 64.5 Å². The number of fused-ring (bicyclic) bond motifs is 2. The minimum Gasteiger partial charge on any atom is -0.487 e. The Balaban J connectivity index is 1.64. The summed E-state index contributed by atoms with van der Waals surface area (Å²) in [7, 11) is 0. The van der Waals surface area contributed by atoms with Gasteiger partial charge in [-0.15, -0.1) is 0 Å². The zero-order valence-corrected chi connectivity index (χ0v) is 17.0. The molecule has 2 heterocycles. The summed E-state index contributed by atoms with van der Waals surface area (Å²) in [6.07, 6.45) is -0.789. The summed E-state index contributed by atoms with van der Waals surface area (Å²) in [6, 6.07) is 10.3.